The first kappa shape index (κ1) is 32.1. The van der Waals surface area contributed by atoms with Gasteiger partial charge in [-0.1, -0.05) is 0 Å². The maximum absolute atomic E-state index is 12.5. The zero-order valence-corrected chi connectivity index (χ0v) is 20.5. The van der Waals surface area contributed by atoms with Gasteiger partial charge in [-0.2, -0.15) is 0 Å². The van der Waals surface area contributed by atoms with Gasteiger partial charge in [0.25, 0.3) is 17.7 Å². The molecule has 1 aromatic rings. The molecule has 3 amide bonds. The number of carboxylic acids is 4. The van der Waals surface area contributed by atoms with Crippen LogP contribution in [0.3, 0.4) is 0 Å². The van der Waals surface area contributed by atoms with E-state index in [1.807, 2.05) is 0 Å². The number of amides is 3. The first-order valence-corrected chi connectivity index (χ1v) is 11.1. The maximum Gasteiger partial charge on any atom is 0.323 e. The second-order valence-corrected chi connectivity index (χ2v) is 7.74. The summed E-state index contributed by atoms with van der Waals surface area (Å²) in [6.07, 6.45) is 0.459. The molecule has 214 valence electrons. The first-order chi connectivity index (χ1) is 18.3. The molecule has 7 N–H and O–H groups in total. The topological polar surface area (TPSA) is 263 Å². The van der Waals surface area contributed by atoms with E-state index in [1.165, 1.54) is 12.1 Å². The van der Waals surface area contributed by atoms with Crippen LogP contribution < -0.4 is 20.5 Å². The molecule has 0 spiro atoms. The van der Waals surface area contributed by atoms with Crippen LogP contribution in [0.2, 0.25) is 0 Å². The van der Waals surface area contributed by atoms with Gasteiger partial charge in [-0.25, -0.2) is 0 Å². The molecular weight excluding hydrogens is 528 g/mol. The summed E-state index contributed by atoms with van der Waals surface area (Å²) in [6.45, 7) is -4.74. The van der Waals surface area contributed by atoms with E-state index in [-0.39, 0.29) is 23.6 Å². The number of ether oxygens (including phenoxy) is 2. The predicted octanol–water partition coefficient (Wildman–Crippen LogP) is -2.48. The number of nitrogens with zero attached hydrogens (tertiary/aromatic N) is 2. The van der Waals surface area contributed by atoms with E-state index in [0.717, 1.165) is 6.07 Å². The Hall–Kier alpha value is -4.93. The highest BCUT2D eigenvalue weighted by atomic mass is 16.5. The molecule has 0 saturated heterocycles. The van der Waals surface area contributed by atoms with Crippen molar-refractivity contribution in [3.05, 3.63) is 23.8 Å². The number of carbonyl (C=O) groups is 7. The van der Waals surface area contributed by atoms with Crippen LogP contribution in [0.5, 0.6) is 11.5 Å². The zero-order chi connectivity index (χ0) is 29.5. The summed E-state index contributed by atoms with van der Waals surface area (Å²) in [6, 6.07) is 3.54. The van der Waals surface area contributed by atoms with Crippen molar-refractivity contribution in [3.8, 4) is 11.5 Å². The van der Waals surface area contributed by atoms with Crippen molar-refractivity contribution in [3.63, 3.8) is 0 Å². The van der Waals surface area contributed by atoms with Crippen LogP contribution in [0.4, 0.5) is 0 Å². The van der Waals surface area contributed by atoms with Crippen LogP contribution in [0.25, 0.3) is 0 Å². The zero-order valence-electron chi connectivity index (χ0n) is 20.5. The molecule has 0 aromatic heterocycles. The van der Waals surface area contributed by atoms with E-state index < -0.39 is 81.0 Å². The highest BCUT2D eigenvalue weighted by Crippen LogP contribution is 2.23. The fourth-order valence-electron chi connectivity index (χ4n) is 2.87. The predicted molar refractivity (Wildman–Crippen MR) is 127 cm³/mol. The van der Waals surface area contributed by atoms with Crippen molar-refractivity contribution in [1.29, 1.82) is 0 Å². The first-order valence-electron chi connectivity index (χ1n) is 11.1. The normalized spacial score (nSPS) is 10.2. The Kier molecular flexibility index (Phi) is 13.2. The number of hydrogen-bond donors (Lipinski definition) is 6. The lowest BCUT2D eigenvalue weighted by Crippen LogP contribution is -2.42. The van der Waals surface area contributed by atoms with Gasteiger partial charge in [-0.15, -0.1) is 0 Å². The standard InChI is InChI=1S/C22H28N4O13/c23-2-1-3-24-22(37)13-4-14(38-11-16(27)25(7-18(29)30)8-19(31)32)6-15(5-13)39-12-17(28)26(9-20(33)34)10-21(35)36/h4-6H,1-3,7-12,23H2,(H,24,37)(H,29,30)(H,31,32)(H,33,34)(H,35,36). The van der Waals surface area contributed by atoms with Gasteiger partial charge in [0.2, 0.25) is 0 Å². The summed E-state index contributed by atoms with van der Waals surface area (Å²) in [7, 11) is 0. The van der Waals surface area contributed by atoms with Crippen LogP contribution in [0.15, 0.2) is 18.2 Å². The van der Waals surface area contributed by atoms with Crippen LogP contribution in [0.1, 0.15) is 16.8 Å². The van der Waals surface area contributed by atoms with Crippen LogP contribution in [-0.4, -0.2) is 124 Å². The number of carbonyl (C=O) groups excluding carboxylic acids is 3. The smallest absolute Gasteiger partial charge is 0.323 e. The number of aliphatic carboxylic acids is 4. The Morgan fingerprint density at radius 2 is 1.08 bits per heavy atom. The molecule has 17 nitrogen and oxygen atoms in total. The van der Waals surface area contributed by atoms with Crippen molar-refractivity contribution in [2.45, 2.75) is 6.42 Å². The van der Waals surface area contributed by atoms with Crippen molar-refractivity contribution in [2.24, 2.45) is 5.73 Å². The summed E-state index contributed by atoms with van der Waals surface area (Å²) in [5.74, 6) is -8.75. The molecule has 39 heavy (non-hydrogen) atoms. The van der Waals surface area contributed by atoms with E-state index in [1.54, 1.807) is 0 Å². The van der Waals surface area contributed by atoms with Gasteiger partial charge >= 0.3 is 23.9 Å². The molecule has 0 unspecified atom stereocenters. The van der Waals surface area contributed by atoms with E-state index >= 15 is 0 Å². The Morgan fingerprint density at radius 1 is 0.692 bits per heavy atom. The molecule has 1 rings (SSSR count). The lowest BCUT2D eigenvalue weighted by atomic mass is 10.2. The molecule has 0 aliphatic rings. The van der Waals surface area contributed by atoms with Gasteiger partial charge in [-0.3, -0.25) is 33.6 Å². The fraction of sp³-hybridized carbons (Fsp3) is 0.409. The molecular formula is C22H28N4O13. The van der Waals surface area contributed by atoms with Crippen molar-refractivity contribution in [1.82, 2.24) is 15.1 Å². The summed E-state index contributed by atoms with van der Waals surface area (Å²) >= 11 is 0. The monoisotopic (exact) mass is 556 g/mol. The summed E-state index contributed by atoms with van der Waals surface area (Å²) in [5, 5.41) is 38.2. The highest BCUT2D eigenvalue weighted by molar-refractivity contribution is 5.95. The van der Waals surface area contributed by atoms with Gasteiger partial charge in [0.1, 0.15) is 37.7 Å². The highest BCUT2D eigenvalue weighted by Gasteiger charge is 2.22. The molecule has 0 fully saturated rings. The maximum atomic E-state index is 12.5. The minimum atomic E-state index is -1.46. The minimum Gasteiger partial charge on any atom is -0.484 e. The third-order valence-corrected chi connectivity index (χ3v) is 4.54. The molecule has 1 aromatic carbocycles. The van der Waals surface area contributed by atoms with E-state index in [0.29, 0.717) is 22.8 Å². The Bertz CT molecular complexity index is 989. The number of hydrogen-bond acceptors (Lipinski definition) is 10. The van der Waals surface area contributed by atoms with Gasteiger partial charge in [-0.05, 0) is 25.1 Å². The van der Waals surface area contributed by atoms with Crippen LogP contribution in [-0.2, 0) is 28.8 Å². The summed E-state index contributed by atoms with van der Waals surface area (Å²) in [4.78, 5) is 82.0. The molecule has 0 aliphatic carbocycles. The third kappa shape index (κ3) is 12.7. The van der Waals surface area contributed by atoms with Gasteiger partial charge in [0.05, 0.1) is 0 Å². The number of carboxylic acid groups (broad SMARTS) is 4. The Balaban J connectivity index is 3.12. The number of nitrogens with two attached hydrogens (primary N) is 1. The second-order valence-electron chi connectivity index (χ2n) is 7.74. The van der Waals surface area contributed by atoms with Crippen molar-refractivity contribution < 1.29 is 63.5 Å². The molecule has 0 aliphatic heterocycles. The van der Waals surface area contributed by atoms with E-state index in [9.17, 15) is 33.6 Å². The number of rotatable bonds is 18. The largest absolute Gasteiger partial charge is 0.484 e. The minimum absolute atomic E-state index is 0.0553. The van der Waals surface area contributed by atoms with Crippen molar-refractivity contribution in [2.75, 3.05) is 52.5 Å². The number of benzene rings is 1. The Morgan fingerprint density at radius 3 is 1.41 bits per heavy atom. The van der Waals surface area contributed by atoms with Gasteiger partial charge in [0.15, 0.2) is 13.2 Å². The molecule has 0 heterocycles. The SMILES string of the molecule is NCCCNC(=O)c1cc(OCC(=O)N(CC(=O)O)CC(=O)O)cc(OCC(=O)N(CC(=O)O)CC(=O)O)c1. The van der Waals surface area contributed by atoms with Crippen LogP contribution >= 0.6 is 0 Å². The second kappa shape index (κ2) is 16.0. The lowest BCUT2D eigenvalue weighted by Gasteiger charge is -2.20. The summed E-state index contributed by atoms with van der Waals surface area (Å²) in [5.41, 5.74) is 5.34. The quantitative estimate of drug-likeness (QED) is 0.102. The molecule has 0 radical (unpaired) electrons. The van der Waals surface area contributed by atoms with Gasteiger partial charge in [0, 0.05) is 18.2 Å². The van der Waals surface area contributed by atoms with Crippen LogP contribution in [0, 0.1) is 0 Å². The number of nitrogens with one attached hydrogen (secondary N) is 1. The lowest BCUT2D eigenvalue weighted by molar-refractivity contribution is -0.150. The molecule has 17 heteroatoms. The fourth-order valence-corrected chi connectivity index (χ4v) is 2.87. The van der Waals surface area contributed by atoms with E-state index in [2.05, 4.69) is 5.32 Å². The van der Waals surface area contributed by atoms with E-state index in [4.69, 9.17) is 35.6 Å². The average molecular weight is 556 g/mol. The third-order valence-electron chi connectivity index (χ3n) is 4.54. The molecule has 0 saturated carbocycles. The molecule has 0 bridgehead atoms. The Labute approximate surface area is 220 Å². The molecule has 0 atom stereocenters. The average Bonchev–Trinajstić information content (AvgIpc) is 2.83. The summed E-state index contributed by atoms with van der Waals surface area (Å²) < 4.78 is 10.6. The van der Waals surface area contributed by atoms with Crippen molar-refractivity contribution >= 4 is 41.6 Å². The van der Waals surface area contributed by atoms with Gasteiger partial charge < -0.3 is 50.8 Å².